The highest BCUT2D eigenvalue weighted by molar-refractivity contribution is 14.1. The van der Waals surface area contributed by atoms with Crippen molar-refractivity contribution < 1.29 is 4.79 Å². The van der Waals surface area contributed by atoms with Crippen LogP contribution in [0.15, 0.2) is 30.3 Å². The molecule has 0 heterocycles. The van der Waals surface area contributed by atoms with Crippen LogP contribution >= 0.6 is 46.0 Å². The van der Waals surface area contributed by atoms with Crippen molar-refractivity contribution in [2.24, 2.45) is 0 Å². The number of carbonyl (C=O) groups excluding carboxylic acids is 1. The van der Waals surface area contributed by atoms with E-state index in [1.54, 1.807) is 0 Å². The van der Waals surface area contributed by atoms with E-state index >= 15 is 0 Å². The number of halogens is 3. The van der Waals surface area contributed by atoms with Gasteiger partial charge in [0.2, 0.25) is 0 Å². The summed E-state index contributed by atoms with van der Waals surface area (Å²) < 4.78 is -1.03. The van der Waals surface area contributed by atoms with E-state index < -0.39 is 8.79 Å². The Morgan fingerprint density at radius 2 is 2.00 bits per heavy atom. The van der Waals surface area contributed by atoms with Crippen LogP contribution < -0.4 is 4.84 Å². The Morgan fingerprint density at radius 3 is 2.50 bits per heavy atom. The van der Waals surface area contributed by atoms with Crippen LogP contribution in [0.1, 0.15) is 5.56 Å². The van der Waals surface area contributed by atoms with Gasteiger partial charge in [0.1, 0.15) is 0 Å². The Bertz CT molecular complexity index is 316. The lowest BCUT2D eigenvalue weighted by molar-refractivity contribution is -0.119. The molecule has 2 nitrogen and oxygen atoms in total. The Morgan fingerprint density at radius 1 is 1.43 bits per heavy atom. The van der Waals surface area contributed by atoms with Gasteiger partial charge in [-0.3, -0.25) is 9.63 Å². The first kappa shape index (κ1) is 12.1. The minimum absolute atomic E-state index is 0.398. The Hall–Kier alpha value is -0.000000000000000111. The quantitative estimate of drug-likeness (QED) is 0.510. The monoisotopic (exact) mass is 343 g/mol. The molecule has 0 saturated heterocycles. The van der Waals surface area contributed by atoms with Crippen LogP contribution in [0.25, 0.3) is 0 Å². The zero-order valence-electron chi connectivity index (χ0n) is 7.14. The van der Waals surface area contributed by atoms with Crippen LogP contribution in [0.5, 0.6) is 0 Å². The smallest absolute Gasteiger partial charge is 0.265 e. The van der Waals surface area contributed by atoms with Gasteiger partial charge in [-0.1, -0.05) is 41.9 Å². The van der Waals surface area contributed by atoms with Crippen LogP contribution in [0.3, 0.4) is 0 Å². The number of carbonyl (C=O) groups is 1. The summed E-state index contributed by atoms with van der Waals surface area (Å²) >= 11 is 13.1. The number of amides is 1. The van der Waals surface area contributed by atoms with Crippen molar-refractivity contribution in [2.75, 3.05) is 0 Å². The number of benzene rings is 1. The molecule has 0 radical (unpaired) electrons. The number of hydrogen-bond donors (Lipinski definition) is 1. The Kier molecular flexibility index (Phi) is 4.47. The van der Waals surface area contributed by atoms with E-state index in [2.05, 4.69) is 0 Å². The molecule has 0 aliphatic heterocycles. The molecule has 1 N–H and O–H groups in total. The third kappa shape index (κ3) is 3.29. The molecule has 1 aromatic rings. The fraction of sp³-hybridized carbons (Fsp3) is 0.222. The van der Waals surface area contributed by atoms with Gasteiger partial charge in [-0.05, 0) is 28.2 Å². The predicted octanol–water partition coefficient (Wildman–Crippen LogP) is 2.87. The largest absolute Gasteiger partial charge is 0.271 e. The van der Waals surface area contributed by atoms with Gasteiger partial charge >= 0.3 is 0 Å². The van der Waals surface area contributed by atoms with Crippen molar-refractivity contribution in [1.29, 1.82) is 0 Å². The highest BCUT2D eigenvalue weighted by Crippen LogP contribution is 2.29. The van der Waals surface area contributed by atoms with E-state index in [1.165, 1.54) is 0 Å². The van der Waals surface area contributed by atoms with Crippen LogP contribution in [0, 0.1) is 0 Å². The van der Waals surface area contributed by atoms with Crippen molar-refractivity contribution in [3.63, 3.8) is 0 Å². The van der Waals surface area contributed by atoms with Gasteiger partial charge in [-0.25, -0.2) is 0 Å². The SMILES string of the molecule is O=C(NCl)C(Cl)(I)Cc1ccccc1. The molecular formula is C9H8Cl2INO. The Labute approximate surface area is 106 Å². The second-order valence-corrected chi connectivity index (χ2v) is 6.10. The average Bonchev–Trinajstić information content (AvgIpc) is 2.17. The van der Waals surface area contributed by atoms with Crippen molar-refractivity contribution in [3.05, 3.63) is 35.9 Å². The van der Waals surface area contributed by atoms with Crippen LogP contribution in [-0.4, -0.2) is 8.79 Å². The van der Waals surface area contributed by atoms with Gasteiger partial charge in [0.05, 0.1) is 0 Å². The number of nitrogens with one attached hydrogen (secondary N) is 1. The third-order valence-corrected chi connectivity index (χ3v) is 3.04. The molecular weight excluding hydrogens is 336 g/mol. The molecule has 14 heavy (non-hydrogen) atoms. The van der Waals surface area contributed by atoms with Crippen molar-refractivity contribution in [1.82, 2.24) is 4.84 Å². The molecule has 0 spiro atoms. The van der Waals surface area contributed by atoms with Crippen molar-refractivity contribution in [2.45, 2.75) is 9.30 Å². The van der Waals surface area contributed by atoms with Crippen molar-refractivity contribution >= 4 is 51.9 Å². The lowest BCUT2D eigenvalue weighted by Gasteiger charge is -2.16. The maximum Gasteiger partial charge on any atom is 0.265 e. The Balaban J connectivity index is 2.73. The van der Waals surface area contributed by atoms with Gasteiger partial charge in [-0.2, -0.15) is 0 Å². The molecule has 0 aliphatic rings. The van der Waals surface area contributed by atoms with E-state index in [0.717, 1.165) is 5.56 Å². The van der Waals surface area contributed by atoms with Gasteiger partial charge in [0.15, 0.2) is 2.88 Å². The summed E-state index contributed by atoms with van der Waals surface area (Å²) in [5.41, 5.74) is 0.997. The molecule has 0 aromatic heterocycles. The van der Waals surface area contributed by atoms with E-state index in [0.29, 0.717) is 6.42 Å². The summed E-state index contributed by atoms with van der Waals surface area (Å²) in [6.45, 7) is 0. The molecule has 1 aromatic carbocycles. The zero-order valence-corrected chi connectivity index (χ0v) is 10.8. The lowest BCUT2D eigenvalue weighted by Crippen LogP contribution is -2.34. The molecule has 0 aliphatic carbocycles. The molecule has 76 valence electrons. The normalized spacial score (nSPS) is 14.5. The summed E-state index contributed by atoms with van der Waals surface area (Å²) in [4.78, 5) is 13.3. The number of rotatable bonds is 3. The first-order valence-corrected chi connectivity index (χ1v) is 5.72. The fourth-order valence-electron chi connectivity index (χ4n) is 1.00. The molecule has 1 atom stereocenters. The van der Waals surface area contributed by atoms with Gasteiger partial charge in [0.25, 0.3) is 5.91 Å². The number of hydrogen-bond acceptors (Lipinski definition) is 1. The van der Waals surface area contributed by atoms with E-state index in [4.69, 9.17) is 23.4 Å². The first-order valence-electron chi connectivity index (χ1n) is 3.89. The second kappa shape index (κ2) is 5.19. The molecule has 1 unspecified atom stereocenters. The zero-order chi connectivity index (χ0) is 10.6. The van der Waals surface area contributed by atoms with Gasteiger partial charge < -0.3 is 0 Å². The molecule has 1 rings (SSSR count). The summed E-state index contributed by atoms with van der Waals surface area (Å²) in [6.07, 6.45) is 0.439. The highest BCUT2D eigenvalue weighted by Gasteiger charge is 2.32. The standard InChI is InChI=1S/C9H8Cl2INO/c10-9(12,8(14)13-11)6-7-4-2-1-3-5-7/h1-5H,6H2,(H,13,14). The maximum absolute atomic E-state index is 11.3. The summed E-state index contributed by atoms with van der Waals surface area (Å²) in [7, 11) is 0. The molecule has 5 heteroatoms. The molecule has 1 amide bonds. The fourth-order valence-corrected chi connectivity index (χ4v) is 2.15. The number of alkyl halides is 2. The van der Waals surface area contributed by atoms with E-state index in [1.807, 2.05) is 57.8 Å². The second-order valence-electron chi connectivity index (χ2n) is 2.79. The van der Waals surface area contributed by atoms with Crippen LogP contribution in [0.4, 0.5) is 0 Å². The van der Waals surface area contributed by atoms with Gasteiger partial charge in [-0.15, -0.1) is 0 Å². The van der Waals surface area contributed by atoms with E-state index in [-0.39, 0.29) is 0 Å². The minimum Gasteiger partial charge on any atom is -0.271 e. The lowest BCUT2D eigenvalue weighted by atomic mass is 10.1. The third-order valence-electron chi connectivity index (χ3n) is 1.69. The highest BCUT2D eigenvalue weighted by atomic mass is 127. The predicted molar refractivity (Wildman–Crippen MR) is 66.7 cm³/mol. The minimum atomic E-state index is -1.03. The average molecular weight is 344 g/mol. The van der Waals surface area contributed by atoms with Crippen LogP contribution in [0.2, 0.25) is 0 Å². The summed E-state index contributed by atoms with van der Waals surface area (Å²) in [5.74, 6) is -0.398. The molecule has 0 saturated carbocycles. The molecule has 0 bridgehead atoms. The topological polar surface area (TPSA) is 29.1 Å². The van der Waals surface area contributed by atoms with Gasteiger partial charge in [0, 0.05) is 18.2 Å². The van der Waals surface area contributed by atoms with Crippen molar-refractivity contribution in [3.8, 4) is 0 Å². The maximum atomic E-state index is 11.3. The summed E-state index contributed by atoms with van der Waals surface area (Å²) in [6, 6.07) is 9.54. The molecule has 0 fully saturated rings. The van der Waals surface area contributed by atoms with Crippen LogP contribution in [-0.2, 0) is 11.2 Å². The first-order chi connectivity index (χ1) is 6.56. The summed E-state index contributed by atoms with van der Waals surface area (Å²) in [5, 5.41) is 0. The van der Waals surface area contributed by atoms with E-state index in [9.17, 15) is 4.79 Å².